The largest absolute Gasteiger partial charge is 0.352 e. The zero-order chi connectivity index (χ0) is 19.5. The predicted octanol–water partition coefficient (Wildman–Crippen LogP) is 5.33. The summed E-state index contributed by atoms with van der Waals surface area (Å²) in [7, 11) is 0. The molecule has 0 fully saturated rings. The minimum Gasteiger partial charge on any atom is -0.352 e. The van der Waals surface area contributed by atoms with E-state index in [4.69, 9.17) is 11.6 Å². The van der Waals surface area contributed by atoms with Crippen LogP contribution in [0.3, 0.4) is 0 Å². The second kappa shape index (κ2) is 8.31. The second-order valence-corrected chi connectivity index (χ2v) is 7.70. The minimum absolute atomic E-state index is 0.0783. The lowest BCUT2D eigenvalue weighted by molar-refractivity contribution is -0.128. The zero-order valence-electron chi connectivity index (χ0n) is 14.0. The third kappa shape index (κ3) is 4.92. The monoisotopic (exact) mass is 405 g/mol. The van der Waals surface area contributed by atoms with Crippen molar-refractivity contribution in [3.63, 3.8) is 0 Å². The number of thioether (sulfide) groups is 1. The molecule has 0 aliphatic carbocycles. The molecule has 140 valence electrons. The van der Waals surface area contributed by atoms with E-state index in [2.05, 4.69) is 5.32 Å². The van der Waals surface area contributed by atoms with Crippen molar-refractivity contribution < 1.29 is 22.4 Å². The van der Waals surface area contributed by atoms with Crippen LogP contribution in [0.2, 0.25) is 5.02 Å². The summed E-state index contributed by atoms with van der Waals surface area (Å²) < 4.78 is 53.9. The van der Waals surface area contributed by atoms with Crippen LogP contribution in [0.5, 0.6) is 0 Å². The third-order valence-electron chi connectivity index (χ3n) is 3.61. The van der Waals surface area contributed by atoms with Crippen molar-refractivity contribution in [1.82, 2.24) is 5.32 Å². The molecule has 2 aromatic carbocycles. The molecule has 0 radical (unpaired) electrons. The molecule has 0 aliphatic heterocycles. The van der Waals surface area contributed by atoms with Crippen molar-refractivity contribution in [3.05, 3.63) is 64.2 Å². The van der Waals surface area contributed by atoms with E-state index in [1.54, 1.807) is 38.1 Å². The van der Waals surface area contributed by atoms with E-state index >= 15 is 0 Å². The molecule has 0 saturated carbocycles. The van der Waals surface area contributed by atoms with E-state index in [1.807, 2.05) is 0 Å². The Kier molecular flexibility index (Phi) is 6.58. The van der Waals surface area contributed by atoms with Crippen molar-refractivity contribution in [1.29, 1.82) is 0 Å². The highest BCUT2D eigenvalue weighted by molar-refractivity contribution is 7.99. The summed E-state index contributed by atoms with van der Waals surface area (Å²) in [5, 5.41) is 3.24. The molecule has 0 heterocycles. The Morgan fingerprint density at radius 1 is 1.12 bits per heavy atom. The molecule has 8 heteroatoms. The number of benzene rings is 2. The second-order valence-electron chi connectivity index (χ2n) is 6.28. The van der Waals surface area contributed by atoms with Crippen LogP contribution in [0.15, 0.2) is 35.2 Å². The third-order valence-corrected chi connectivity index (χ3v) is 5.35. The molecule has 0 unspecified atom stereocenters. The molecule has 26 heavy (non-hydrogen) atoms. The van der Waals surface area contributed by atoms with Crippen LogP contribution in [-0.4, -0.2) is 11.7 Å². The van der Waals surface area contributed by atoms with E-state index in [-0.39, 0.29) is 24.3 Å². The highest BCUT2D eigenvalue weighted by atomic mass is 35.5. The van der Waals surface area contributed by atoms with Crippen LogP contribution in [-0.2, 0) is 11.3 Å². The number of amides is 1. The van der Waals surface area contributed by atoms with Gasteiger partial charge in [0.1, 0.15) is 0 Å². The van der Waals surface area contributed by atoms with Gasteiger partial charge in [0, 0.05) is 23.4 Å². The lowest BCUT2D eigenvalue weighted by atomic mass is 9.95. The van der Waals surface area contributed by atoms with Gasteiger partial charge in [-0.3, -0.25) is 4.79 Å². The fraction of sp³-hybridized carbons (Fsp3) is 0.278. The normalized spacial score (nSPS) is 11.5. The van der Waals surface area contributed by atoms with Crippen LogP contribution < -0.4 is 5.32 Å². The molecule has 0 atom stereocenters. The fourth-order valence-corrected chi connectivity index (χ4v) is 3.36. The van der Waals surface area contributed by atoms with Crippen LogP contribution in [0.4, 0.5) is 17.6 Å². The van der Waals surface area contributed by atoms with E-state index in [0.29, 0.717) is 16.8 Å². The van der Waals surface area contributed by atoms with Gasteiger partial charge in [-0.05, 0) is 17.7 Å². The summed E-state index contributed by atoms with van der Waals surface area (Å²) in [4.78, 5) is 11.6. The lowest BCUT2D eigenvalue weighted by Gasteiger charge is -2.23. The molecule has 1 amide bonds. The van der Waals surface area contributed by atoms with Gasteiger partial charge >= 0.3 is 0 Å². The average molecular weight is 406 g/mol. The SMILES string of the molecule is CC(C)(CSc1c(F)c(F)cc(F)c1F)C(=O)NCc1cccc(Cl)c1. The highest BCUT2D eigenvalue weighted by Gasteiger charge is 2.30. The van der Waals surface area contributed by atoms with Crippen molar-refractivity contribution >= 4 is 29.3 Å². The van der Waals surface area contributed by atoms with Gasteiger partial charge in [-0.15, -0.1) is 11.8 Å². The number of rotatable bonds is 6. The van der Waals surface area contributed by atoms with Gasteiger partial charge < -0.3 is 5.32 Å². The van der Waals surface area contributed by atoms with Crippen LogP contribution in [0, 0.1) is 28.7 Å². The van der Waals surface area contributed by atoms with Gasteiger partial charge in [0.25, 0.3) is 0 Å². The van der Waals surface area contributed by atoms with Gasteiger partial charge in [-0.25, -0.2) is 17.6 Å². The molecule has 2 rings (SSSR count). The lowest BCUT2D eigenvalue weighted by Crippen LogP contribution is -2.38. The molecule has 0 bridgehead atoms. The maximum absolute atomic E-state index is 13.7. The molecular formula is C18H16ClF4NOS. The number of nitrogens with one attached hydrogen (secondary N) is 1. The Bertz CT molecular complexity index is 803. The minimum atomic E-state index is -1.48. The average Bonchev–Trinajstić information content (AvgIpc) is 2.58. The molecule has 2 aromatic rings. The fourth-order valence-electron chi connectivity index (χ4n) is 2.06. The van der Waals surface area contributed by atoms with Crippen LogP contribution >= 0.6 is 23.4 Å². The first-order chi connectivity index (χ1) is 12.1. The number of carbonyl (C=O) groups is 1. The van der Waals surface area contributed by atoms with Crippen molar-refractivity contribution in [3.8, 4) is 0 Å². The van der Waals surface area contributed by atoms with E-state index in [9.17, 15) is 22.4 Å². The number of hydrogen-bond donors (Lipinski definition) is 1. The number of halogens is 5. The Hall–Kier alpha value is -1.73. The smallest absolute Gasteiger partial charge is 0.226 e. The van der Waals surface area contributed by atoms with E-state index in [0.717, 1.165) is 5.56 Å². The number of hydrogen-bond acceptors (Lipinski definition) is 2. The topological polar surface area (TPSA) is 29.1 Å². The first-order valence-electron chi connectivity index (χ1n) is 7.60. The first-order valence-corrected chi connectivity index (χ1v) is 8.96. The summed E-state index contributed by atoms with van der Waals surface area (Å²) in [5.74, 6) is -6.34. The Balaban J connectivity index is 2.03. The first kappa shape index (κ1) is 20.6. The molecule has 1 N–H and O–H groups in total. The van der Waals surface area contributed by atoms with Crippen molar-refractivity contribution in [2.75, 3.05) is 5.75 Å². The Morgan fingerprint density at radius 2 is 1.73 bits per heavy atom. The van der Waals surface area contributed by atoms with Crippen molar-refractivity contribution in [2.45, 2.75) is 25.3 Å². The molecule has 0 saturated heterocycles. The van der Waals surface area contributed by atoms with Gasteiger partial charge in [-0.1, -0.05) is 37.6 Å². The van der Waals surface area contributed by atoms with Gasteiger partial charge in [0.15, 0.2) is 23.3 Å². The summed E-state index contributed by atoms with van der Waals surface area (Å²) in [6.07, 6.45) is 0. The molecular weight excluding hydrogens is 390 g/mol. The Morgan fingerprint density at radius 3 is 2.31 bits per heavy atom. The van der Waals surface area contributed by atoms with Crippen LogP contribution in [0.1, 0.15) is 19.4 Å². The molecule has 0 spiro atoms. The van der Waals surface area contributed by atoms with E-state index in [1.165, 1.54) is 0 Å². The van der Waals surface area contributed by atoms with E-state index < -0.39 is 33.6 Å². The summed E-state index contributed by atoms with van der Waals surface area (Å²) >= 11 is 6.42. The van der Waals surface area contributed by atoms with Crippen molar-refractivity contribution in [2.24, 2.45) is 5.41 Å². The zero-order valence-corrected chi connectivity index (χ0v) is 15.6. The quantitative estimate of drug-likeness (QED) is 0.400. The summed E-state index contributed by atoms with van der Waals surface area (Å²) in [5.41, 5.74) is -0.246. The molecule has 0 aromatic heterocycles. The maximum atomic E-state index is 13.7. The van der Waals surface area contributed by atoms with Gasteiger partial charge in [-0.2, -0.15) is 0 Å². The predicted molar refractivity (Wildman–Crippen MR) is 94.1 cm³/mol. The van der Waals surface area contributed by atoms with Gasteiger partial charge in [0.05, 0.1) is 10.3 Å². The summed E-state index contributed by atoms with van der Waals surface area (Å²) in [6, 6.07) is 7.08. The highest BCUT2D eigenvalue weighted by Crippen LogP contribution is 2.33. The van der Waals surface area contributed by atoms with Gasteiger partial charge in [0.2, 0.25) is 5.91 Å². The summed E-state index contributed by atoms with van der Waals surface area (Å²) in [6.45, 7) is 3.36. The molecule has 0 aliphatic rings. The van der Waals surface area contributed by atoms with Crippen LogP contribution in [0.25, 0.3) is 0 Å². The maximum Gasteiger partial charge on any atom is 0.226 e. The Labute approximate surface area is 157 Å². The molecule has 2 nitrogen and oxygen atoms in total. The number of carbonyl (C=O) groups excluding carboxylic acids is 1. The standard InChI is InChI=1S/C18H16ClF4NOS/c1-18(2,17(25)24-8-10-4-3-5-11(19)6-10)9-26-16-14(22)12(20)7-13(21)15(16)23/h3-7H,8-9H2,1-2H3,(H,24,25).